The summed E-state index contributed by atoms with van der Waals surface area (Å²) in [6, 6.07) is 0.520. The second-order valence-electron chi connectivity index (χ2n) is 2.85. The van der Waals surface area contributed by atoms with Crippen LogP contribution in [0.4, 0.5) is 0 Å². The summed E-state index contributed by atoms with van der Waals surface area (Å²) in [4.78, 5) is 2.24. The van der Waals surface area contributed by atoms with Crippen LogP contribution in [0.15, 0.2) is 0 Å². The molecule has 1 nitrogen and oxygen atoms in total. The summed E-state index contributed by atoms with van der Waals surface area (Å²) in [7, 11) is 0. The first-order valence-electron chi connectivity index (χ1n) is 4.25. The van der Waals surface area contributed by atoms with E-state index >= 15 is 0 Å². The SMILES string of the molecule is CC#CCN(CC#CC)C(C)C. The quantitative estimate of drug-likeness (QED) is 0.573. The molecule has 0 saturated carbocycles. The van der Waals surface area contributed by atoms with Gasteiger partial charge >= 0.3 is 0 Å². The van der Waals surface area contributed by atoms with E-state index < -0.39 is 0 Å². The molecule has 0 aliphatic carbocycles. The fraction of sp³-hybridized carbons (Fsp3) is 0.636. The Morgan fingerprint density at radius 3 is 1.67 bits per heavy atom. The molecule has 0 aromatic heterocycles. The van der Waals surface area contributed by atoms with Crippen LogP contribution >= 0.6 is 0 Å². The van der Waals surface area contributed by atoms with Gasteiger partial charge in [-0.25, -0.2) is 0 Å². The van der Waals surface area contributed by atoms with E-state index in [1.807, 2.05) is 13.8 Å². The van der Waals surface area contributed by atoms with E-state index in [0.717, 1.165) is 13.1 Å². The van der Waals surface area contributed by atoms with Gasteiger partial charge in [0, 0.05) is 6.04 Å². The van der Waals surface area contributed by atoms with Gasteiger partial charge < -0.3 is 0 Å². The lowest BCUT2D eigenvalue weighted by molar-refractivity contribution is 0.281. The van der Waals surface area contributed by atoms with Crippen LogP contribution in [-0.2, 0) is 0 Å². The average molecular weight is 163 g/mol. The summed E-state index contributed by atoms with van der Waals surface area (Å²) in [6.07, 6.45) is 0. The molecule has 12 heavy (non-hydrogen) atoms. The second-order valence-corrected chi connectivity index (χ2v) is 2.85. The summed E-state index contributed by atoms with van der Waals surface area (Å²) in [6.45, 7) is 9.70. The molecule has 0 rings (SSSR count). The summed E-state index contributed by atoms with van der Waals surface area (Å²) in [5.74, 6) is 11.9. The maximum Gasteiger partial charge on any atom is 0.0612 e. The Labute approximate surface area is 76.1 Å². The molecule has 0 aromatic carbocycles. The molecule has 0 heterocycles. The van der Waals surface area contributed by atoms with Crippen LogP contribution in [0.1, 0.15) is 27.7 Å². The Kier molecular flexibility index (Phi) is 6.25. The van der Waals surface area contributed by atoms with Gasteiger partial charge in [0.1, 0.15) is 0 Å². The Morgan fingerprint density at radius 1 is 1.00 bits per heavy atom. The molecule has 0 aliphatic rings. The second kappa shape index (κ2) is 6.77. The monoisotopic (exact) mass is 163 g/mol. The van der Waals surface area contributed by atoms with Crippen molar-refractivity contribution >= 4 is 0 Å². The van der Waals surface area contributed by atoms with E-state index in [-0.39, 0.29) is 0 Å². The van der Waals surface area contributed by atoms with Crippen molar-refractivity contribution in [3.05, 3.63) is 0 Å². The molecule has 0 aliphatic heterocycles. The summed E-state index contributed by atoms with van der Waals surface area (Å²) in [5, 5.41) is 0. The highest BCUT2D eigenvalue weighted by atomic mass is 15.1. The zero-order valence-electron chi connectivity index (χ0n) is 8.44. The van der Waals surface area contributed by atoms with Crippen LogP contribution in [0.5, 0.6) is 0 Å². The van der Waals surface area contributed by atoms with Gasteiger partial charge in [-0.2, -0.15) is 0 Å². The van der Waals surface area contributed by atoms with Crippen molar-refractivity contribution in [2.24, 2.45) is 0 Å². The van der Waals surface area contributed by atoms with Crippen LogP contribution in [0.25, 0.3) is 0 Å². The van der Waals surface area contributed by atoms with E-state index in [4.69, 9.17) is 0 Å². The van der Waals surface area contributed by atoms with Gasteiger partial charge in [0.05, 0.1) is 13.1 Å². The Hall–Kier alpha value is -0.920. The maximum absolute atomic E-state index is 3.05. The molecule has 0 spiro atoms. The zero-order chi connectivity index (χ0) is 9.40. The molecule has 1 heteroatoms. The Bertz CT molecular complexity index is 197. The molecule has 0 amide bonds. The third-order valence-corrected chi connectivity index (χ3v) is 1.65. The van der Waals surface area contributed by atoms with Crippen molar-refractivity contribution in [3.8, 4) is 23.7 Å². The smallest absolute Gasteiger partial charge is 0.0612 e. The van der Waals surface area contributed by atoms with Crippen LogP contribution in [0.2, 0.25) is 0 Å². The zero-order valence-corrected chi connectivity index (χ0v) is 8.44. The highest BCUT2D eigenvalue weighted by Gasteiger charge is 2.04. The van der Waals surface area contributed by atoms with E-state index in [9.17, 15) is 0 Å². The summed E-state index contributed by atoms with van der Waals surface area (Å²) in [5.41, 5.74) is 0. The Morgan fingerprint density at radius 2 is 1.42 bits per heavy atom. The van der Waals surface area contributed by atoms with Crippen molar-refractivity contribution in [1.29, 1.82) is 0 Å². The van der Waals surface area contributed by atoms with Crippen molar-refractivity contribution in [3.63, 3.8) is 0 Å². The fourth-order valence-electron chi connectivity index (χ4n) is 0.782. The third-order valence-electron chi connectivity index (χ3n) is 1.65. The summed E-state index contributed by atoms with van der Waals surface area (Å²) >= 11 is 0. The molecule has 0 N–H and O–H groups in total. The van der Waals surface area contributed by atoms with Crippen LogP contribution < -0.4 is 0 Å². The number of hydrogen-bond donors (Lipinski definition) is 0. The van der Waals surface area contributed by atoms with Crippen molar-refractivity contribution in [2.45, 2.75) is 33.7 Å². The molecule has 0 bridgehead atoms. The predicted molar refractivity (Wildman–Crippen MR) is 53.6 cm³/mol. The third kappa shape index (κ3) is 4.83. The molecule has 0 radical (unpaired) electrons. The minimum absolute atomic E-state index is 0.520. The standard InChI is InChI=1S/C11H17N/c1-5-7-9-12(11(3)4)10-8-6-2/h11H,9-10H2,1-4H3. The Balaban J connectivity index is 3.97. The largest absolute Gasteiger partial charge is 0.279 e. The van der Waals surface area contributed by atoms with Crippen LogP contribution in [0, 0.1) is 23.7 Å². The molecule has 0 saturated heterocycles. The lowest BCUT2D eigenvalue weighted by atomic mass is 10.3. The number of hydrogen-bond acceptors (Lipinski definition) is 1. The first-order valence-corrected chi connectivity index (χ1v) is 4.25. The van der Waals surface area contributed by atoms with E-state index in [0.29, 0.717) is 6.04 Å². The molecule has 0 atom stereocenters. The van der Waals surface area contributed by atoms with Crippen LogP contribution in [0.3, 0.4) is 0 Å². The highest BCUT2D eigenvalue weighted by molar-refractivity contribution is 5.03. The molecule has 66 valence electrons. The minimum atomic E-state index is 0.520. The van der Waals surface area contributed by atoms with Gasteiger partial charge in [-0.15, -0.1) is 11.8 Å². The first-order chi connectivity index (χ1) is 5.72. The predicted octanol–water partition coefficient (Wildman–Crippen LogP) is 1.74. The fourth-order valence-corrected chi connectivity index (χ4v) is 0.782. The van der Waals surface area contributed by atoms with E-state index in [1.165, 1.54) is 0 Å². The lowest BCUT2D eigenvalue weighted by Gasteiger charge is -2.20. The van der Waals surface area contributed by atoms with Gasteiger partial charge in [-0.3, -0.25) is 4.90 Å². The van der Waals surface area contributed by atoms with Crippen molar-refractivity contribution in [1.82, 2.24) is 4.90 Å². The van der Waals surface area contributed by atoms with E-state index in [2.05, 4.69) is 42.4 Å². The van der Waals surface area contributed by atoms with Crippen molar-refractivity contribution < 1.29 is 0 Å². The normalized spacial score (nSPS) is 8.83. The van der Waals surface area contributed by atoms with Gasteiger partial charge in [-0.1, -0.05) is 11.8 Å². The van der Waals surface area contributed by atoms with Gasteiger partial charge in [-0.05, 0) is 27.7 Å². The van der Waals surface area contributed by atoms with E-state index in [1.54, 1.807) is 0 Å². The highest BCUT2D eigenvalue weighted by Crippen LogP contribution is 1.94. The van der Waals surface area contributed by atoms with Crippen LogP contribution in [-0.4, -0.2) is 24.0 Å². The molecule has 0 unspecified atom stereocenters. The minimum Gasteiger partial charge on any atom is -0.279 e. The lowest BCUT2D eigenvalue weighted by Crippen LogP contribution is -2.31. The molecule has 0 fully saturated rings. The summed E-state index contributed by atoms with van der Waals surface area (Å²) < 4.78 is 0. The van der Waals surface area contributed by atoms with Gasteiger partial charge in [0.25, 0.3) is 0 Å². The van der Waals surface area contributed by atoms with Gasteiger partial charge in [0.15, 0.2) is 0 Å². The topological polar surface area (TPSA) is 3.24 Å². The maximum atomic E-state index is 3.05. The molecular weight excluding hydrogens is 146 g/mol. The van der Waals surface area contributed by atoms with Gasteiger partial charge in [0.2, 0.25) is 0 Å². The molecular formula is C11H17N. The van der Waals surface area contributed by atoms with Crippen molar-refractivity contribution in [2.75, 3.05) is 13.1 Å². The first kappa shape index (κ1) is 11.1. The average Bonchev–Trinajstić information content (AvgIpc) is 2.04. The number of rotatable bonds is 3. The molecule has 0 aromatic rings. The number of nitrogens with zero attached hydrogens (tertiary/aromatic N) is 1.